The van der Waals surface area contributed by atoms with Crippen LogP contribution in [0.2, 0.25) is 0 Å². The van der Waals surface area contributed by atoms with Crippen molar-refractivity contribution in [3.8, 4) is 0 Å². The Balaban J connectivity index is 2.75. The molecule has 0 radical (unpaired) electrons. The highest BCUT2D eigenvalue weighted by molar-refractivity contribution is 5.80. The Bertz CT molecular complexity index is 172. The summed E-state index contributed by atoms with van der Waals surface area (Å²) in [5.74, 6) is 0.416. The van der Waals surface area contributed by atoms with E-state index in [-0.39, 0.29) is 23.2 Å². The van der Waals surface area contributed by atoms with Gasteiger partial charge in [-0.05, 0) is 11.3 Å². The highest BCUT2D eigenvalue weighted by Gasteiger charge is 2.39. The Morgan fingerprint density at radius 2 is 2.09 bits per heavy atom. The summed E-state index contributed by atoms with van der Waals surface area (Å²) >= 11 is 0. The van der Waals surface area contributed by atoms with Crippen LogP contribution in [-0.2, 0) is 4.79 Å². The van der Waals surface area contributed by atoms with E-state index in [0.29, 0.717) is 12.8 Å². The molecule has 0 saturated heterocycles. The van der Waals surface area contributed by atoms with Crippen molar-refractivity contribution >= 4 is 5.78 Å². The van der Waals surface area contributed by atoms with Crippen LogP contribution in [0.3, 0.4) is 0 Å². The van der Waals surface area contributed by atoms with Crippen LogP contribution in [0.4, 0.5) is 0 Å². The fourth-order valence-corrected chi connectivity index (χ4v) is 1.93. The maximum atomic E-state index is 11.1. The lowest BCUT2D eigenvalue weighted by atomic mass is 9.70. The van der Waals surface area contributed by atoms with Gasteiger partial charge in [0.05, 0.1) is 6.10 Å². The second-order valence-electron chi connectivity index (χ2n) is 4.33. The topological polar surface area (TPSA) is 37.3 Å². The van der Waals surface area contributed by atoms with Gasteiger partial charge in [-0.2, -0.15) is 0 Å². The molecule has 11 heavy (non-hydrogen) atoms. The molecule has 0 bridgehead atoms. The van der Waals surface area contributed by atoms with Gasteiger partial charge in [-0.3, -0.25) is 4.79 Å². The smallest absolute Gasteiger partial charge is 0.133 e. The Labute approximate surface area is 67.6 Å². The van der Waals surface area contributed by atoms with Crippen LogP contribution in [0.25, 0.3) is 0 Å². The van der Waals surface area contributed by atoms with E-state index >= 15 is 0 Å². The summed E-state index contributed by atoms with van der Waals surface area (Å²) in [6.45, 7) is 5.83. The summed E-state index contributed by atoms with van der Waals surface area (Å²) < 4.78 is 0. The number of Topliss-reactive ketones (excluding diaryl/α,β-unsaturated/α-hetero) is 1. The van der Waals surface area contributed by atoms with Gasteiger partial charge >= 0.3 is 0 Å². The molecule has 1 saturated carbocycles. The summed E-state index contributed by atoms with van der Waals surface area (Å²) in [6.07, 6.45) is 0.753. The normalized spacial score (nSPS) is 37.3. The average molecular weight is 156 g/mol. The Morgan fingerprint density at radius 1 is 1.55 bits per heavy atom. The monoisotopic (exact) mass is 156 g/mol. The molecule has 2 heteroatoms. The second-order valence-corrected chi connectivity index (χ2v) is 4.33. The molecule has 1 fully saturated rings. The van der Waals surface area contributed by atoms with E-state index in [4.69, 9.17) is 0 Å². The number of ketones is 1. The number of rotatable bonds is 0. The predicted molar refractivity (Wildman–Crippen MR) is 43.2 cm³/mol. The molecule has 2 atom stereocenters. The Kier molecular flexibility index (Phi) is 2.06. The van der Waals surface area contributed by atoms with Gasteiger partial charge in [0.1, 0.15) is 5.78 Å². The van der Waals surface area contributed by atoms with Gasteiger partial charge in [0.2, 0.25) is 0 Å². The van der Waals surface area contributed by atoms with Crippen LogP contribution in [0, 0.1) is 11.3 Å². The van der Waals surface area contributed by atoms with Crippen LogP contribution >= 0.6 is 0 Å². The SMILES string of the molecule is C[C@@H]1CC(=O)CC(C)(C)C1O. The van der Waals surface area contributed by atoms with Gasteiger partial charge in [-0.15, -0.1) is 0 Å². The van der Waals surface area contributed by atoms with Crippen molar-refractivity contribution in [1.82, 2.24) is 0 Å². The Hall–Kier alpha value is -0.370. The molecule has 1 N–H and O–H groups in total. The second kappa shape index (κ2) is 2.59. The minimum absolute atomic E-state index is 0.131. The molecule has 64 valence electrons. The largest absolute Gasteiger partial charge is 0.392 e. The standard InChI is InChI=1S/C9H16O2/c1-6-4-7(10)5-9(2,3)8(6)11/h6,8,11H,4-5H2,1-3H3/t6-,8?/m1/s1. The molecule has 1 aliphatic rings. The first-order valence-corrected chi connectivity index (χ1v) is 4.13. The van der Waals surface area contributed by atoms with E-state index in [9.17, 15) is 9.90 Å². The molecule has 0 amide bonds. The van der Waals surface area contributed by atoms with Gasteiger partial charge in [-0.1, -0.05) is 20.8 Å². The first-order chi connectivity index (χ1) is 4.93. The molecular weight excluding hydrogens is 140 g/mol. The molecule has 0 heterocycles. The maximum Gasteiger partial charge on any atom is 0.133 e. The molecule has 1 rings (SSSR count). The number of hydrogen-bond donors (Lipinski definition) is 1. The summed E-state index contributed by atoms with van der Waals surface area (Å²) in [5.41, 5.74) is -0.214. The zero-order chi connectivity index (χ0) is 8.65. The minimum Gasteiger partial charge on any atom is -0.392 e. The number of hydrogen-bond acceptors (Lipinski definition) is 2. The van der Waals surface area contributed by atoms with Crippen molar-refractivity contribution < 1.29 is 9.90 Å². The van der Waals surface area contributed by atoms with Crippen molar-refractivity contribution in [2.45, 2.75) is 39.7 Å². The van der Waals surface area contributed by atoms with Crippen LogP contribution in [0.5, 0.6) is 0 Å². The zero-order valence-electron chi connectivity index (χ0n) is 7.42. The molecule has 0 aromatic carbocycles. The summed E-state index contributed by atoms with van der Waals surface area (Å²) in [6, 6.07) is 0. The summed E-state index contributed by atoms with van der Waals surface area (Å²) in [5, 5.41) is 9.67. The lowest BCUT2D eigenvalue weighted by molar-refractivity contribution is -0.131. The van der Waals surface area contributed by atoms with Gasteiger partial charge in [0.25, 0.3) is 0 Å². The lowest BCUT2D eigenvalue weighted by Gasteiger charge is -2.38. The van der Waals surface area contributed by atoms with Gasteiger partial charge in [-0.25, -0.2) is 0 Å². The molecule has 0 spiro atoms. The van der Waals surface area contributed by atoms with E-state index in [1.807, 2.05) is 20.8 Å². The third kappa shape index (κ3) is 1.62. The molecule has 0 aliphatic heterocycles. The van der Waals surface area contributed by atoms with E-state index in [0.717, 1.165) is 0 Å². The minimum atomic E-state index is -0.319. The molecule has 1 aliphatic carbocycles. The van der Waals surface area contributed by atoms with E-state index < -0.39 is 0 Å². The predicted octanol–water partition coefficient (Wildman–Crippen LogP) is 1.37. The van der Waals surface area contributed by atoms with Crippen molar-refractivity contribution in [1.29, 1.82) is 0 Å². The number of carbonyl (C=O) groups is 1. The number of carbonyl (C=O) groups excluding carboxylic acids is 1. The van der Waals surface area contributed by atoms with Crippen molar-refractivity contribution in [3.05, 3.63) is 0 Å². The van der Waals surface area contributed by atoms with Gasteiger partial charge < -0.3 is 5.11 Å². The quantitative estimate of drug-likeness (QED) is 0.575. The third-order valence-electron chi connectivity index (χ3n) is 2.54. The van der Waals surface area contributed by atoms with Crippen LogP contribution < -0.4 is 0 Å². The molecule has 0 aromatic heterocycles. The lowest BCUT2D eigenvalue weighted by Crippen LogP contribution is -2.42. The van der Waals surface area contributed by atoms with Gasteiger partial charge in [0.15, 0.2) is 0 Å². The fourth-order valence-electron chi connectivity index (χ4n) is 1.93. The summed E-state index contributed by atoms with van der Waals surface area (Å²) in [7, 11) is 0. The average Bonchev–Trinajstić information content (AvgIpc) is 1.81. The van der Waals surface area contributed by atoms with Crippen molar-refractivity contribution in [3.63, 3.8) is 0 Å². The first-order valence-electron chi connectivity index (χ1n) is 4.13. The number of aliphatic hydroxyl groups excluding tert-OH is 1. The molecule has 1 unspecified atom stereocenters. The Morgan fingerprint density at radius 3 is 2.55 bits per heavy atom. The zero-order valence-corrected chi connectivity index (χ0v) is 7.42. The highest BCUT2D eigenvalue weighted by atomic mass is 16.3. The molecule has 0 aromatic rings. The first kappa shape index (κ1) is 8.72. The summed E-state index contributed by atoms with van der Waals surface area (Å²) in [4.78, 5) is 11.1. The highest BCUT2D eigenvalue weighted by Crippen LogP contribution is 2.36. The van der Waals surface area contributed by atoms with Crippen LogP contribution in [0.15, 0.2) is 0 Å². The van der Waals surface area contributed by atoms with E-state index in [2.05, 4.69) is 0 Å². The van der Waals surface area contributed by atoms with Crippen LogP contribution in [0.1, 0.15) is 33.6 Å². The number of aliphatic hydroxyl groups is 1. The van der Waals surface area contributed by atoms with Crippen molar-refractivity contribution in [2.75, 3.05) is 0 Å². The third-order valence-corrected chi connectivity index (χ3v) is 2.54. The fraction of sp³-hybridized carbons (Fsp3) is 0.889. The molecular formula is C9H16O2. The van der Waals surface area contributed by atoms with Crippen LogP contribution in [-0.4, -0.2) is 17.0 Å². The van der Waals surface area contributed by atoms with E-state index in [1.165, 1.54) is 0 Å². The van der Waals surface area contributed by atoms with Gasteiger partial charge in [0, 0.05) is 12.8 Å². The van der Waals surface area contributed by atoms with Crippen molar-refractivity contribution in [2.24, 2.45) is 11.3 Å². The van der Waals surface area contributed by atoms with E-state index in [1.54, 1.807) is 0 Å². The maximum absolute atomic E-state index is 11.1. The molecule has 2 nitrogen and oxygen atoms in total.